The van der Waals surface area contributed by atoms with Crippen LogP contribution in [-0.4, -0.2) is 20.4 Å². The normalized spacial score (nSPS) is 12.7. The minimum atomic E-state index is -0.138. The molecule has 0 spiro atoms. The van der Waals surface area contributed by atoms with Gasteiger partial charge in [0.2, 0.25) is 5.91 Å². The lowest BCUT2D eigenvalue weighted by molar-refractivity contribution is -0.122. The lowest BCUT2D eigenvalue weighted by atomic mass is 10.0. The van der Waals surface area contributed by atoms with Gasteiger partial charge in [-0.2, -0.15) is 0 Å². The van der Waals surface area contributed by atoms with Crippen molar-refractivity contribution in [3.8, 4) is 0 Å². The van der Waals surface area contributed by atoms with Crippen molar-refractivity contribution in [3.63, 3.8) is 0 Å². The number of para-hydroxylation sites is 2. The maximum atomic E-state index is 12.5. The molecule has 0 bridgehead atoms. The number of hydrogen-bond donors (Lipinski definition) is 2. The first-order chi connectivity index (χ1) is 11.5. The van der Waals surface area contributed by atoms with Crippen LogP contribution in [0.1, 0.15) is 37.1 Å². The number of aromatic nitrogens is 3. The summed E-state index contributed by atoms with van der Waals surface area (Å²) in [5.74, 6) is 1.04. The van der Waals surface area contributed by atoms with Crippen molar-refractivity contribution in [2.75, 3.05) is 0 Å². The molecule has 3 rings (SSSR count). The molecule has 2 heterocycles. The zero-order valence-corrected chi connectivity index (χ0v) is 14.6. The zero-order chi connectivity index (χ0) is 17.3. The standard InChI is InChI=1S/C19H24N4O/c1-12(2)18(19-20-15-7-5-6-8-16(15)21-19)22-17(24)11-23-13(3)9-10-14(23)4/h5-10,12,18H,11H2,1-4H3,(H,20,21)(H,22,24). The number of rotatable bonds is 5. The topological polar surface area (TPSA) is 62.7 Å². The Morgan fingerprint density at radius 2 is 1.83 bits per heavy atom. The summed E-state index contributed by atoms with van der Waals surface area (Å²) < 4.78 is 2.02. The van der Waals surface area contributed by atoms with Crippen molar-refractivity contribution >= 4 is 16.9 Å². The first-order valence-corrected chi connectivity index (χ1v) is 8.32. The molecule has 0 aliphatic rings. The van der Waals surface area contributed by atoms with E-state index in [0.29, 0.717) is 6.54 Å². The lowest BCUT2D eigenvalue weighted by Gasteiger charge is -2.21. The molecule has 0 saturated carbocycles. The second kappa shape index (κ2) is 6.51. The van der Waals surface area contributed by atoms with Crippen LogP contribution >= 0.6 is 0 Å². The number of amides is 1. The predicted octanol–water partition coefficient (Wildman–Crippen LogP) is 3.49. The fourth-order valence-electron chi connectivity index (χ4n) is 2.98. The van der Waals surface area contributed by atoms with Crippen LogP contribution in [0.2, 0.25) is 0 Å². The number of nitrogens with one attached hydrogen (secondary N) is 2. The fourth-order valence-corrected chi connectivity index (χ4v) is 2.98. The molecule has 24 heavy (non-hydrogen) atoms. The van der Waals surface area contributed by atoms with Crippen LogP contribution in [0.15, 0.2) is 36.4 Å². The van der Waals surface area contributed by atoms with Crippen LogP contribution in [0, 0.1) is 19.8 Å². The lowest BCUT2D eigenvalue weighted by Crippen LogP contribution is -2.35. The maximum absolute atomic E-state index is 12.5. The highest BCUT2D eigenvalue weighted by Gasteiger charge is 2.22. The molecule has 2 aromatic heterocycles. The summed E-state index contributed by atoms with van der Waals surface area (Å²) in [7, 11) is 0. The number of imidazole rings is 1. The van der Waals surface area contributed by atoms with Crippen LogP contribution in [0.25, 0.3) is 11.0 Å². The van der Waals surface area contributed by atoms with Crippen LogP contribution in [0.3, 0.4) is 0 Å². The Hall–Kier alpha value is -2.56. The highest BCUT2D eigenvalue weighted by Crippen LogP contribution is 2.22. The summed E-state index contributed by atoms with van der Waals surface area (Å²) in [5.41, 5.74) is 4.09. The molecule has 1 amide bonds. The number of benzene rings is 1. The zero-order valence-electron chi connectivity index (χ0n) is 14.6. The Morgan fingerprint density at radius 3 is 2.46 bits per heavy atom. The van der Waals surface area contributed by atoms with E-state index in [0.717, 1.165) is 28.2 Å². The minimum absolute atomic E-state index is 0.00319. The monoisotopic (exact) mass is 324 g/mol. The number of hydrogen-bond acceptors (Lipinski definition) is 2. The van der Waals surface area contributed by atoms with Gasteiger partial charge in [-0.15, -0.1) is 0 Å². The minimum Gasteiger partial charge on any atom is -0.344 e. The van der Waals surface area contributed by atoms with E-state index < -0.39 is 0 Å². The Balaban J connectivity index is 1.80. The molecule has 1 atom stereocenters. The van der Waals surface area contributed by atoms with Crippen molar-refractivity contribution < 1.29 is 4.79 Å². The van der Waals surface area contributed by atoms with Crippen molar-refractivity contribution in [2.45, 2.75) is 40.3 Å². The van der Waals surface area contributed by atoms with Gasteiger partial charge in [0.05, 0.1) is 17.1 Å². The van der Waals surface area contributed by atoms with E-state index in [4.69, 9.17) is 0 Å². The van der Waals surface area contributed by atoms with Crippen molar-refractivity contribution in [1.29, 1.82) is 0 Å². The molecule has 0 radical (unpaired) electrons. The Kier molecular flexibility index (Phi) is 4.42. The van der Waals surface area contributed by atoms with Gasteiger partial charge in [0.1, 0.15) is 12.4 Å². The van der Waals surface area contributed by atoms with E-state index in [-0.39, 0.29) is 17.9 Å². The van der Waals surface area contributed by atoms with Crippen LogP contribution < -0.4 is 5.32 Å². The molecule has 0 aliphatic carbocycles. The molecule has 0 fully saturated rings. The van der Waals surface area contributed by atoms with Gasteiger partial charge in [-0.05, 0) is 44.0 Å². The summed E-state index contributed by atoms with van der Waals surface area (Å²) in [6.07, 6.45) is 0. The average Bonchev–Trinajstić information content (AvgIpc) is 3.10. The van der Waals surface area contributed by atoms with E-state index in [1.807, 2.05) is 54.8 Å². The fraction of sp³-hybridized carbons (Fsp3) is 0.368. The smallest absolute Gasteiger partial charge is 0.240 e. The van der Waals surface area contributed by atoms with Gasteiger partial charge in [0.25, 0.3) is 0 Å². The Labute approximate surface area is 142 Å². The van der Waals surface area contributed by atoms with Gasteiger partial charge in [0.15, 0.2) is 0 Å². The van der Waals surface area contributed by atoms with Gasteiger partial charge >= 0.3 is 0 Å². The van der Waals surface area contributed by atoms with E-state index >= 15 is 0 Å². The van der Waals surface area contributed by atoms with Crippen LogP contribution in [-0.2, 0) is 11.3 Å². The van der Waals surface area contributed by atoms with Gasteiger partial charge in [-0.25, -0.2) is 4.98 Å². The average molecular weight is 324 g/mol. The van der Waals surface area contributed by atoms with Gasteiger partial charge < -0.3 is 14.9 Å². The number of H-pyrrole nitrogens is 1. The van der Waals surface area contributed by atoms with Crippen LogP contribution in [0.5, 0.6) is 0 Å². The third kappa shape index (κ3) is 3.20. The number of aryl methyl sites for hydroxylation is 2. The maximum Gasteiger partial charge on any atom is 0.240 e. The number of nitrogens with zero attached hydrogens (tertiary/aromatic N) is 2. The number of carbonyl (C=O) groups excluding carboxylic acids is 1. The third-order valence-corrected chi connectivity index (χ3v) is 4.40. The summed E-state index contributed by atoms with van der Waals surface area (Å²) in [6.45, 7) is 8.53. The van der Waals surface area contributed by atoms with E-state index in [2.05, 4.69) is 29.1 Å². The molecule has 126 valence electrons. The van der Waals surface area contributed by atoms with E-state index in [1.165, 1.54) is 0 Å². The summed E-state index contributed by atoms with van der Waals surface area (Å²) >= 11 is 0. The Morgan fingerprint density at radius 1 is 1.17 bits per heavy atom. The quantitative estimate of drug-likeness (QED) is 0.754. The van der Waals surface area contributed by atoms with E-state index in [9.17, 15) is 4.79 Å². The number of aromatic amines is 1. The highest BCUT2D eigenvalue weighted by atomic mass is 16.2. The SMILES string of the molecule is Cc1ccc(C)n1CC(=O)NC(c1nc2ccccc2[nH]1)C(C)C. The summed E-state index contributed by atoms with van der Waals surface area (Å²) in [6, 6.07) is 11.8. The second-order valence-electron chi connectivity index (χ2n) is 6.63. The second-order valence-corrected chi connectivity index (χ2v) is 6.63. The van der Waals surface area contributed by atoms with Gasteiger partial charge in [-0.3, -0.25) is 4.79 Å². The van der Waals surface area contributed by atoms with Gasteiger partial charge in [-0.1, -0.05) is 26.0 Å². The number of fused-ring (bicyclic) bond motifs is 1. The molecular weight excluding hydrogens is 300 g/mol. The molecule has 5 heteroatoms. The summed E-state index contributed by atoms with van der Waals surface area (Å²) in [5, 5.41) is 3.13. The molecule has 1 aromatic carbocycles. The molecule has 2 N–H and O–H groups in total. The first-order valence-electron chi connectivity index (χ1n) is 8.32. The number of carbonyl (C=O) groups is 1. The van der Waals surface area contributed by atoms with Crippen molar-refractivity contribution in [1.82, 2.24) is 19.9 Å². The molecule has 0 saturated heterocycles. The molecule has 1 unspecified atom stereocenters. The van der Waals surface area contributed by atoms with E-state index in [1.54, 1.807) is 0 Å². The van der Waals surface area contributed by atoms with Crippen molar-refractivity contribution in [3.05, 3.63) is 53.6 Å². The molecule has 0 aliphatic heterocycles. The molecule has 5 nitrogen and oxygen atoms in total. The third-order valence-electron chi connectivity index (χ3n) is 4.40. The first kappa shape index (κ1) is 16.3. The highest BCUT2D eigenvalue weighted by molar-refractivity contribution is 5.77. The van der Waals surface area contributed by atoms with Crippen LogP contribution in [0.4, 0.5) is 0 Å². The molecular formula is C19H24N4O. The Bertz CT molecular complexity index is 807. The largest absolute Gasteiger partial charge is 0.344 e. The molecule has 3 aromatic rings. The predicted molar refractivity (Wildman–Crippen MR) is 95.7 cm³/mol. The van der Waals surface area contributed by atoms with Crippen molar-refractivity contribution in [2.24, 2.45) is 5.92 Å². The summed E-state index contributed by atoms with van der Waals surface area (Å²) in [4.78, 5) is 20.5. The van der Waals surface area contributed by atoms with Gasteiger partial charge in [0, 0.05) is 11.4 Å².